The normalized spacial score (nSPS) is 20.4. The van der Waals surface area contributed by atoms with Gasteiger partial charge in [-0.1, -0.05) is 45.2 Å². The topological polar surface area (TPSA) is 39.2 Å². The first kappa shape index (κ1) is 23.5. The predicted octanol–water partition coefficient (Wildman–Crippen LogP) is 5.09. The lowest BCUT2D eigenvalue weighted by Crippen LogP contribution is -2.55. The molecule has 0 spiro atoms. The van der Waals surface area contributed by atoms with Crippen LogP contribution >= 0.6 is 11.3 Å². The van der Waals surface area contributed by atoms with Gasteiger partial charge in [0.15, 0.2) is 11.0 Å². The second-order valence-electron chi connectivity index (χ2n) is 8.68. The second-order valence-corrected chi connectivity index (χ2v) is 10.9. The highest BCUT2D eigenvalue weighted by atomic mass is 32.2. The first-order valence-electron chi connectivity index (χ1n) is 12.1. The van der Waals surface area contributed by atoms with E-state index in [4.69, 9.17) is 4.99 Å². The Labute approximate surface area is 199 Å². The van der Waals surface area contributed by atoms with Crippen molar-refractivity contribution in [1.82, 2.24) is 14.1 Å². The van der Waals surface area contributed by atoms with E-state index >= 15 is 0 Å². The zero-order valence-corrected chi connectivity index (χ0v) is 21.0. The minimum Gasteiger partial charge on any atom is -0.339 e. The molecular formula is C25H36N4OS2. The Morgan fingerprint density at radius 2 is 1.69 bits per heavy atom. The van der Waals surface area contributed by atoms with Gasteiger partial charge in [0.1, 0.15) is 0 Å². The van der Waals surface area contributed by atoms with Gasteiger partial charge in [-0.2, -0.15) is 11.3 Å². The molecule has 2 fully saturated rings. The molecule has 32 heavy (non-hydrogen) atoms. The Balaban J connectivity index is 0.000000567. The van der Waals surface area contributed by atoms with Crippen molar-refractivity contribution < 1.29 is 4.21 Å². The number of aliphatic imine (C=N–C) groups is 1. The molecular weight excluding hydrogens is 436 g/mol. The predicted molar refractivity (Wildman–Crippen MR) is 137 cm³/mol. The van der Waals surface area contributed by atoms with E-state index in [1.54, 1.807) is 11.3 Å². The van der Waals surface area contributed by atoms with Crippen LogP contribution in [0.5, 0.6) is 0 Å². The van der Waals surface area contributed by atoms with E-state index < -0.39 is 11.0 Å². The Kier molecular flexibility index (Phi) is 8.38. The summed E-state index contributed by atoms with van der Waals surface area (Å²) >= 11 is 1.70. The van der Waals surface area contributed by atoms with Crippen LogP contribution in [0.4, 0.5) is 0 Å². The van der Waals surface area contributed by atoms with Gasteiger partial charge in [0, 0.05) is 32.2 Å². The molecule has 2 aromatic rings. The number of guanidine groups is 1. The maximum atomic E-state index is 13.2. The average molecular weight is 473 g/mol. The van der Waals surface area contributed by atoms with E-state index in [2.05, 4.69) is 52.6 Å². The van der Waals surface area contributed by atoms with Crippen molar-refractivity contribution in [3.63, 3.8) is 0 Å². The molecule has 2 aliphatic heterocycles. The fraction of sp³-hybridized carbons (Fsp3) is 0.560. The number of hydrogen-bond donors (Lipinski definition) is 0. The number of thiophene rings is 1. The van der Waals surface area contributed by atoms with Crippen LogP contribution in [0.15, 0.2) is 51.0 Å². The molecule has 7 heteroatoms. The van der Waals surface area contributed by atoms with Crippen molar-refractivity contribution >= 4 is 28.3 Å². The quantitative estimate of drug-likeness (QED) is 0.609. The lowest BCUT2D eigenvalue weighted by Gasteiger charge is -2.44. The minimum atomic E-state index is -1.20. The van der Waals surface area contributed by atoms with Crippen LogP contribution in [0.1, 0.15) is 46.0 Å². The van der Waals surface area contributed by atoms with E-state index in [1.807, 2.05) is 16.4 Å². The van der Waals surface area contributed by atoms with Crippen LogP contribution in [0, 0.1) is 0 Å². The summed E-state index contributed by atoms with van der Waals surface area (Å²) in [4.78, 5) is 10.5. The van der Waals surface area contributed by atoms with Gasteiger partial charge in [-0.3, -0.25) is 14.2 Å². The number of piperazine rings is 1. The number of benzene rings is 1. The van der Waals surface area contributed by atoms with E-state index in [9.17, 15) is 4.21 Å². The van der Waals surface area contributed by atoms with Crippen LogP contribution in [0.2, 0.25) is 0 Å². The summed E-state index contributed by atoms with van der Waals surface area (Å²) in [7, 11) is -1.20. The Hall–Kier alpha value is -1.70. The van der Waals surface area contributed by atoms with Crippen LogP contribution in [-0.4, -0.2) is 69.6 Å². The van der Waals surface area contributed by atoms with Gasteiger partial charge >= 0.3 is 0 Å². The van der Waals surface area contributed by atoms with E-state index in [-0.39, 0.29) is 0 Å². The fourth-order valence-corrected chi connectivity index (χ4v) is 6.05. The monoisotopic (exact) mass is 472 g/mol. The zero-order valence-electron chi connectivity index (χ0n) is 19.4. The number of unbranched alkanes of at least 4 members (excludes halogenated alkanes) is 1. The van der Waals surface area contributed by atoms with Gasteiger partial charge in [-0.05, 0) is 52.9 Å². The summed E-state index contributed by atoms with van der Waals surface area (Å²) in [5.41, 5.74) is 2.39. The molecule has 1 aromatic carbocycles. The minimum absolute atomic E-state index is 0.733. The molecule has 1 saturated carbocycles. The van der Waals surface area contributed by atoms with Crippen molar-refractivity contribution in [3.8, 4) is 11.1 Å². The Morgan fingerprint density at radius 1 is 0.969 bits per heavy atom. The third-order valence-corrected chi connectivity index (χ3v) is 8.68. The maximum absolute atomic E-state index is 13.2. The second kappa shape index (κ2) is 11.4. The molecule has 0 amide bonds. The van der Waals surface area contributed by atoms with Crippen molar-refractivity contribution in [2.75, 3.05) is 39.3 Å². The average Bonchev–Trinajstić information content (AvgIpc) is 3.51. The lowest BCUT2D eigenvalue weighted by atomic mass is 9.91. The zero-order chi connectivity index (χ0) is 22.3. The van der Waals surface area contributed by atoms with Crippen LogP contribution in [-0.2, 0) is 11.0 Å². The number of nitrogens with zero attached hydrogens (tertiary/aromatic N) is 4. The largest absolute Gasteiger partial charge is 0.339 e. The molecule has 1 unspecified atom stereocenters. The highest BCUT2D eigenvalue weighted by molar-refractivity contribution is 7.83. The van der Waals surface area contributed by atoms with Crippen LogP contribution in [0.3, 0.4) is 0 Å². The highest BCUT2D eigenvalue weighted by Gasteiger charge is 2.33. The summed E-state index contributed by atoms with van der Waals surface area (Å²) in [6, 6.07) is 11.0. The first-order valence-corrected chi connectivity index (χ1v) is 14.1. The van der Waals surface area contributed by atoms with Crippen molar-refractivity contribution in [3.05, 3.63) is 41.1 Å². The molecule has 1 aliphatic carbocycles. The highest BCUT2D eigenvalue weighted by Crippen LogP contribution is 2.27. The van der Waals surface area contributed by atoms with Gasteiger partial charge in [-0.25, -0.2) is 4.21 Å². The maximum Gasteiger partial charge on any atom is 0.209 e. The molecule has 5 nitrogen and oxygen atoms in total. The van der Waals surface area contributed by atoms with Gasteiger partial charge in [0.2, 0.25) is 5.96 Å². The molecule has 1 saturated heterocycles. The molecule has 3 aliphatic rings. The van der Waals surface area contributed by atoms with Crippen molar-refractivity contribution in [1.29, 1.82) is 0 Å². The lowest BCUT2D eigenvalue weighted by molar-refractivity contribution is 0.0834. The molecule has 0 radical (unpaired) electrons. The van der Waals surface area contributed by atoms with Gasteiger partial charge in [-0.15, -0.1) is 0 Å². The van der Waals surface area contributed by atoms with Gasteiger partial charge < -0.3 is 4.90 Å². The standard InChI is InChI=1S/C21H26N4OS2.C4H10/c26-28(20-6-4-17(5-7-20)18-8-15-27-16-18)25-10-9-22-21(25)24-13-11-23(12-14-24)19-2-1-3-19;1-3-4-2/h4-8,15-16,19H,1-3,9-14H2;3-4H2,1-2H3. The molecule has 0 N–H and O–H groups in total. The summed E-state index contributed by atoms with van der Waals surface area (Å²) in [5.74, 6) is 0.925. The Bertz CT molecular complexity index is 883. The SMILES string of the molecule is CCCC.O=S(c1ccc(-c2ccsc2)cc1)N1CCN=C1N1CCN(C2CCC2)CC1. The summed E-state index contributed by atoms with van der Waals surface area (Å²) in [5, 5.41) is 4.22. The number of rotatable bonds is 5. The molecule has 1 atom stereocenters. The molecule has 0 bridgehead atoms. The smallest absolute Gasteiger partial charge is 0.209 e. The molecule has 3 heterocycles. The van der Waals surface area contributed by atoms with Crippen molar-refractivity contribution in [2.24, 2.45) is 4.99 Å². The molecule has 174 valence electrons. The summed E-state index contributed by atoms with van der Waals surface area (Å²) < 4.78 is 15.2. The van der Waals surface area contributed by atoms with Crippen LogP contribution < -0.4 is 0 Å². The summed E-state index contributed by atoms with van der Waals surface area (Å²) in [6.07, 6.45) is 6.74. The number of hydrogen-bond acceptors (Lipinski definition) is 5. The first-order chi connectivity index (χ1) is 15.7. The van der Waals surface area contributed by atoms with Gasteiger partial charge in [0.05, 0.1) is 18.0 Å². The molecule has 5 rings (SSSR count). The third kappa shape index (κ3) is 5.43. The van der Waals surface area contributed by atoms with Crippen LogP contribution in [0.25, 0.3) is 11.1 Å². The third-order valence-electron chi connectivity index (χ3n) is 6.58. The van der Waals surface area contributed by atoms with Gasteiger partial charge in [0.25, 0.3) is 0 Å². The fourth-order valence-electron chi connectivity index (χ4n) is 4.19. The Morgan fingerprint density at radius 3 is 2.25 bits per heavy atom. The van der Waals surface area contributed by atoms with E-state index in [1.165, 1.54) is 43.2 Å². The molecule has 1 aromatic heterocycles. The van der Waals surface area contributed by atoms with E-state index in [0.717, 1.165) is 56.2 Å². The van der Waals surface area contributed by atoms with Crippen molar-refractivity contribution in [2.45, 2.75) is 56.9 Å². The summed E-state index contributed by atoms with van der Waals surface area (Å²) in [6.45, 7) is 9.99. The van der Waals surface area contributed by atoms with E-state index in [0.29, 0.717) is 0 Å².